The maximum atomic E-state index is 13.9. The highest BCUT2D eigenvalue weighted by Gasteiger charge is 2.30. The van der Waals surface area contributed by atoms with Crippen molar-refractivity contribution >= 4 is 11.9 Å². The molecule has 188 valence electrons. The van der Waals surface area contributed by atoms with Crippen molar-refractivity contribution in [2.75, 3.05) is 21.3 Å². The molecule has 3 aromatic rings. The van der Waals surface area contributed by atoms with Gasteiger partial charge in [-0.25, -0.2) is 22.0 Å². The molecule has 1 aliphatic rings. The van der Waals surface area contributed by atoms with E-state index in [4.69, 9.17) is 23.7 Å². The van der Waals surface area contributed by atoms with Crippen LogP contribution in [0.3, 0.4) is 0 Å². The molecule has 0 N–H and O–H groups in total. The molecule has 4 rings (SSSR count). The van der Waals surface area contributed by atoms with Crippen LogP contribution in [-0.2, 0) is 6.61 Å². The fourth-order valence-corrected chi connectivity index (χ4v) is 3.57. The molecule has 0 saturated carbocycles. The number of allylic oxidation sites excluding steroid dienone is 1. The molecule has 6 nitrogen and oxygen atoms in total. The van der Waals surface area contributed by atoms with Gasteiger partial charge in [-0.1, -0.05) is 0 Å². The molecule has 1 heterocycles. The summed E-state index contributed by atoms with van der Waals surface area (Å²) in [4.78, 5) is 12.8. The minimum Gasteiger partial charge on any atom is -0.493 e. The molecule has 3 aromatic carbocycles. The van der Waals surface area contributed by atoms with Gasteiger partial charge in [0, 0.05) is 11.6 Å². The van der Waals surface area contributed by atoms with Gasteiger partial charge >= 0.3 is 0 Å². The first kappa shape index (κ1) is 24.8. The number of hydrogen-bond acceptors (Lipinski definition) is 6. The number of carbonyl (C=O) groups excluding carboxylic acids is 1. The molecule has 11 heteroatoms. The number of ether oxygens (including phenoxy) is 5. The lowest BCUT2D eigenvalue weighted by Crippen LogP contribution is -2.09. The van der Waals surface area contributed by atoms with Gasteiger partial charge in [0.2, 0.25) is 17.3 Å². The molecule has 1 aliphatic heterocycles. The van der Waals surface area contributed by atoms with E-state index < -0.39 is 47.0 Å². The Morgan fingerprint density at radius 2 is 1.44 bits per heavy atom. The zero-order valence-corrected chi connectivity index (χ0v) is 19.0. The van der Waals surface area contributed by atoms with E-state index in [1.807, 2.05) is 0 Å². The summed E-state index contributed by atoms with van der Waals surface area (Å²) >= 11 is 0. The van der Waals surface area contributed by atoms with Crippen LogP contribution in [0.1, 0.15) is 21.5 Å². The largest absolute Gasteiger partial charge is 0.493 e. The smallest absolute Gasteiger partial charge is 0.231 e. The molecular formula is C25H17F5O6. The van der Waals surface area contributed by atoms with Gasteiger partial charge < -0.3 is 23.7 Å². The van der Waals surface area contributed by atoms with Gasteiger partial charge in [0.25, 0.3) is 0 Å². The number of Topliss-reactive ketones (excluding diaryl/α,β-unsaturated/α-hetero) is 1. The number of fused-ring (bicyclic) bond motifs is 1. The molecule has 0 bridgehead atoms. The second kappa shape index (κ2) is 9.76. The number of halogens is 5. The van der Waals surface area contributed by atoms with Gasteiger partial charge in [-0.3, -0.25) is 4.79 Å². The Balaban J connectivity index is 1.60. The number of carbonyl (C=O) groups is 1. The molecule has 0 saturated heterocycles. The first-order valence-corrected chi connectivity index (χ1v) is 10.2. The van der Waals surface area contributed by atoms with E-state index in [0.717, 1.165) is 0 Å². The minimum absolute atomic E-state index is 0.0320. The first-order valence-electron chi connectivity index (χ1n) is 10.2. The molecule has 0 radical (unpaired) electrons. The van der Waals surface area contributed by atoms with Crippen LogP contribution in [0.2, 0.25) is 0 Å². The Morgan fingerprint density at radius 3 is 2.06 bits per heavy atom. The standard InChI is InChI=1S/C25H17F5O6/c1-32-15-7-4-11(24(33-2)25(15)34-3)8-17-23(31)13-6-5-12(9-16(13)36-17)35-10-14-18(26)20(28)22(30)21(29)19(14)27/h4-9H,10H2,1-3H3. The van der Waals surface area contributed by atoms with Crippen molar-refractivity contribution in [3.05, 3.63) is 81.9 Å². The molecule has 0 aromatic heterocycles. The maximum absolute atomic E-state index is 13.9. The predicted molar refractivity (Wildman–Crippen MR) is 116 cm³/mol. The number of ketones is 1. The molecule has 0 atom stereocenters. The van der Waals surface area contributed by atoms with Crippen molar-refractivity contribution in [3.63, 3.8) is 0 Å². The van der Waals surface area contributed by atoms with E-state index >= 15 is 0 Å². The number of benzene rings is 3. The van der Waals surface area contributed by atoms with Gasteiger partial charge in [-0.15, -0.1) is 0 Å². The summed E-state index contributed by atoms with van der Waals surface area (Å²) in [6.45, 7) is -0.954. The highest BCUT2D eigenvalue weighted by Crippen LogP contribution is 2.42. The van der Waals surface area contributed by atoms with Crippen LogP contribution in [0.25, 0.3) is 6.08 Å². The van der Waals surface area contributed by atoms with E-state index in [0.29, 0.717) is 22.8 Å². The topological polar surface area (TPSA) is 63.2 Å². The van der Waals surface area contributed by atoms with Crippen LogP contribution in [0, 0.1) is 29.1 Å². The summed E-state index contributed by atoms with van der Waals surface area (Å²) in [5, 5.41) is 0. The first-order chi connectivity index (χ1) is 17.2. The summed E-state index contributed by atoms with van der Waals surface area (Å²) in [7, 11) is 4.30. The minimum atomic E-state index is -2.26. The SMILES string of the molecule is COc1ccc(C=C2Oc3cc(OCc4c(F)c(F)c(F)c(F)c4F)ccc3C2=O)c(OC)c1OC. The Labute approximate surface area is 201 Å². The van der Waals surface area contributed by atoms with Crippen molar-refractivity contribution in [2.45, 2.75) is 6.61 Å². The van der Waals surface area contributed by atoms with E-state index in [9.17, 15) is 26.7 Å². The monoisotopic (exact) mass is 508 g/mol. The Morgan fingerprint density at radius 1 is 0.806 bits per heavy atom. The molecule has 0 aliphatic carbocycles. The van der Waals surface area contributed by atoms with E-state index in [2.05, 4.69) is 0 Å². The van der Waals surface area contributed by atoms with E-state index in [1.165, 1.54) is 45.6 Å². The zero-order chi connectivity index (χ0) is 26.1. The highest BCUT2D eigenvalue weighted by molar-refractivity contribution is 6.14. The second-order valence-corrected chi connectivity index (χ2v) is 7.36. The lowest BCUT2D eigenvalue weighted by Gasteiger charge is -2.14. The summed E-state index contributed by atoms with van der Waals surface area (Å²) < 4.78 is 94.6. The molecule has 0 unspecified atom stereocenters. The summed E-state index contributed by atoms with van der Waals surface area (Å²) in [6, 6.07) is 7.15. The number of hydrogen-bond donors (Lipinski definition) is 0. The van der Waals surface area contributed by atoms with Crippen LogP contribution in [0.15, 0.2) is 36.1 Å². The normalized spacial score (nSPS) is 13.4. The molecular weight excluding hydrogens is 491 g/mol. The predicted octanol–water partition coefficient (Wildman–Crippen LogP) is 5.60. The lowest BCUT2D eigenvalue weighted by molar-refractivity contribution is 0.101. The third-order valence-corrected chi connectivity index (χ3v) is 5.35. The summed E-state index contributed by atoms with van der Waals surface area (Å²) in [5.41, 5.74) is -0.511. The second-order valence-electron chi connectivity index (χ2n) is 7.36. The zero-order valence-electron chi connectivity index (χ0n) is 19.0. The maximum Gasteiger partial charge on any atom is 0.231 e. The third kappa shape index (κ3) is 4.16. The van der Waals surface area contributed by atoms with Crippen molar-refractivity contribution < 1.29 is 50.4 Å². The van der Waals surface area contributed by atoms with Crippen molar-refractivity contribution in [1.29, 1.82) is 0 Å². The average Bonchev–Trinajstić information content (AvgIpc) is 3.19. The Hall–Kier alpha value is -4.28. The molecule has 36 heavy (non-hydrogen) atoms. The quantitative estimate of drug-likeness (QED) is 0.179. The average molecular weight is 508 g/mol. The van der Waals surface area contributed by atoms with Gasteiger partial charge in [-0.05, 0) is 30.3 Å². The third-order valence-electron chi connectivity index (χ3n) is 5.35. The Kier molecular flexibility index (Phi) is 6.73. The molecule has 0 amide bonds. The van der Waals surface area contributed by atoms with Crippen LogP contribution in [-0.4, -0.2) is 27.1 Å². The van der Waals surface area contributed by atoms with Crippen molar-refractivity contribution in [3.8, 4) is 28.7 Å². The fourth-order valence-electron chi connectivity index (χ4n) is 3.57. The van der Waals surface area contributed by atoms with Crippen LogP contribution in [0.4, 0.5) is 22.0 Å². The van der Waals surface area contributed by atoms with Gasteiger partial charge in [0.1, 0.15) is 18.1 Å². The fraction of sp³-hybridized carbons (Fsp3) is 0.160. The molecule has 0 spiro atoms. The van der Waals surface area contributed by atoms with Gasteiger partial charge in [0.15, 0.2) is 40.5 Å². The summed E-state index contributed by atoms with van der Waals surface area (Å²) in [5.74, 6) is -9.87. The van der Waals surface area contributed by atoms with Crippen LogP contribution in [0.5, 0.6) is 28.7 Å². The number of rotatable bonds is 7. The van der Waals surface area contributed by atoms with Gasteiger partial charge in [-0.2, -0.15) is 0 Å². The van der Waals surface area contributed by atoms with E-state index in [-0.39, 0.29) is 22.8 Å². The summed E-state index contributed by atoms with van der Waals surface area (Å²) in [6.07, 6.45) is 1.43. The van der Waals surface area contributed by atoms with Crippen LogP contribution < -0.4 is 23.7 Å². The lowest BCUT2D eigenvalue weighted by atomic mass is 10.1. The Bertz CT molecular complexity index is 1370. The molecule has 0 fully saturated rings. The van der Waals surface area contributed by atoms with Gasteiger partial charge in [0.05, 0.1) is 32.5 Å². The number of methoxy groups -OCH3 is 3. The van der Waals surface area contributed by atoms with Crippen molar-refractivity contribution in [2.24, 2.45) is 0 Å². The van der Waals surface area contributed by atoms with E-state index in [1.54, 1.807) is 12.1 Å². The van der Waals surface area contributed by atoms with Crippen LogP contribution >= 0.6 is 0 Å². The van der Waals surface area contributed by atoms with Crippen molar-refractivity contribution in [1.82, 2.24) is 0 Å². The highest BCUT2D eigenvalue weighted by atomic mass is 19.2.